The van der Waals surface area contributed by atoms with E-state index in [1.807, 2.05) is 0 Å². The SMILES string of the molecule is c1ccc(N2CCC23CCN(C2CC4CCCCCC4C2)CC3)cc1. The molecule has 4 aliphatic rings. The van der Waals surface area contributed by atoms with E-state index >= 15 is 0 Å². The van der Waals surface area contributed by atoms with Gasteiger partial charge in [-0.05, 0) is 56.1 Å². The monoisotopic (exact) mass is 338 g/mol. The average molecular weight is 339 g/mol. The minimum absolute atomic E-state index is 0.487. The molecule has 2 atom stereocenters. The van der Waals surface area contributed by atoms with Gasteiger partial charge in [-0.3, -0.25) is 0 Å². The third-order valence-corrected chi connectivity index (χ3v) is 8.15. The highest BCUT2D eigenvalue weighted by Gasteiger charge is 2.48. The molecule has 0 N–H and O–H groups in total. The van der Waals surface area contributed by atoms with Crippen molar-refractivity contribution >= 4 is 5.69 Å². The number of para-hydroxylation sites is 1. The van der Waals surface area contributed by atoms with Crippen LogP contribution in [0.4, 0.5) is 5.69 Å². The Balaban J connectivity index is 1.21. The highest BCUT2D eigenvalue weighted by molar-refractivity contribution is 5.52. The van der Waals surface area contributed by atoms with Crippen LogP contribution in [0.25, 0.3) is 0 Å². The zero-order valence-corrected chi connectivity index (χ0v) is 15.7. The lowest BCUT2D eigenvalue weighted by Gasteiger charge is -2.58. The Bertz CT molecular complexity index is 561. The predicted octanol–water partition coefficient (Wildman–Crippen LogP) is 5.09. The van der Waals surface area contributed by atoms with Gasteiger partial charge in [-0.1, -0.05) is 50.3 Å². The molecule has 0 bridgehead atoms. The van der Waals surface area contributed by atoms with Gasteiger partial charge in [-0.15, -0.1) is 0 Å². The lowest BCUT2D eigenvalue weighted by atomic mass is 9.75. The van der Waals surface area contributed by atoms with Crippen molar-refractivity contribution in [2.75, 3.05) is 24.5 Å². The number of fused-ring (bicyclic) bond motifs is 1. The molecule has 2 saturated heterocycles. The maximum Gasteiger partial charge on any atom is 0.0443 e. The standard InChI is InChI=1S/C23H34N2/c1-3-7-19-17-22(18-20(19)8-4-1)24-14-11-23(12-15-24)13-16-25(23)21-9-5-2-6-10-21/h2,5-6,9-10,19-20,22H,1,3-4,7-8,11-18H2. The van der Waals surface area contributed by atoms with Crippen molar-refractivity contribution in [3.05, 3.63) is 30.3 Å². The third-order valence-electron chi connectivity index (χ3n) is 8.15. The Morgan fingerprint density at radius 3 is 2.00 bits per heavy atom. The zero-order chi connectivity index (χ0) is 16.7. The summed E-state index contributed by atoms with van der Waals surface area (Å²) in [6.07, 6.45) is 14.8. The summed E-state index contributed by atoms with van der Waals surface area (Å²) >= 11 is 0. The minimum atomic E-state index is 0.487. The van der Waals surface area contributed by atoms with Gasteiger partial charge in [-0.2, -0.15) is 0 Å². The van der Waals surface area contributed by atoms with Crippen LogP contribution in [0.2, 0.25) is 0 Å². The molecule has 5 rings (SSSR count). The Labute approximate surface area is 153 Å². The molecular weight excluding hydrogens is 304 g/mol. The number of benzene rings is 1. The fraction of sp³-hybridized carbons (Fsp3) is 0.739. The summed E-state index contributed by atoms with van der Waals surface area (Å²) in [5.74, 6) is 2.13. The van der Waals surface area contributed by atoms with E-state index in [9.17, 15) is 0 Å². The van der Waals surface area contributed by atoms with Crippen molar-refractivity contribution < 1.29 is 0 Å². The van der Waals surface area contributed by atoms with Crippen molar-refractivity contribution in [2.45, 2.75) is 75.8 Å². The largest absolute Gasteiger partial charge is 0.366 e. The molecule has 2 aliphatic carbocycles. The summed E-state index contributed by atoms with van der Waals surface area (Å²) in [4.78, 5) is 5.60. The fourth-order valence-electron chi connectivity index (χ4n) is 6.55. The topological polar surface area (TPSA) is 6.48 Å². The summed E-state index contributed by atoms with van der Waals surface area (Å²) in [6.45, 7) is 3.94. The number of likely N-dealkylation sites (tertiary alicyclic amines) is 1. The Kier molecular flexibility index (Phi) is 4.28. The van der Waals surface area contributed by atoms with E-state index < -0.39 is 0 Å². The molecule has 2 aliphatic heterocycles. The molecule has 25 heavy (non-hydrogen) atoms. The maximum atomic E-state index is 2.89. The summed E-state index contributed by atoms with van der Waals surface area (Å²) < 4.78 is 0. The molecular formula is C23H34N2. The van der Waals surface area contributed by atoms with Gasteiger partial charge < -0.3 is 9.80 Å². The van der Waals surface area contributed by atoms with Crippen LogP contribution in [0.5, 0.6) is 0 Å². The van der Waals surface area contributed by atoms with Crippen LogP contribution in [-0.4, -0.2) is 36.1 Å². The molecule has 136 valence electrons. The summed E-state index contributed by atoms with van der Waals surface area (Å²) in [7, 11) is 0. The van der Waals surface area contributed by atoms with Crippen LogP contribution < -0.4 is 4.90 Å². The Morgan fingerprint density at radius 1 is 0.760 bits per heavy atom. The van der Waals surface area contributed by atoms with E-state index in [2.05, 4.69) is 40.1 Å². The molecule has 0 radical (unpaired) electrons. The van der Waals surface area contributed by atoms with Crippen LogP contribution in [0.15, 0.2) is 30.3 Å². The number of hydrogen-bond acceptors (Lipinski definition) is 2. The van der Waals surface area contributed by atoms with Crippen molar-refractivity contribution in [1.29, 1.82) is 0 Å². The van der Waals surface area contributed by atoms with Gasteiger partial charge >= 0.3 is 0 Å². The molecule has 0 aromatic heterocycles. The van der Waals surface area contributed by atoms with Gasteiger partial charge in [0, 0.05) is 36.9 Å². The molecule has 2 unspecified atom stereocenters. The van der Waals surface area contributed by atoms with Crippen molar-refractivity contribution in [3.63, 3.8) is 0 Å². The molecule has 1 aromatic rings. The second-order valence-electron chi connectivity index (χ2n) is 9.28. The second kappa shape index (κ2) is 6.61. The second-order valence-corrected chi connectivity index (χ2v) is 9.28. The minimum Gasteiger partial charge on any atom is -0.366 e. The Morgan fingerprint density at radius 2 is 1.40 bits per heavy atom. The predicted molar refractivity (Wildman–Crippen MR) is 105 cm³/mol. The van der Waals surface area contributed by atoms with Crippen LogP contribution in [0.3, 0.4) is 0 Å². The van der Waals surface area contributed by atoms with Crippen molar-refractivity contribution in [2.24, 2.45) is 11.8 Å². The van der Waals surface area contributed by atoms with Crippen LogP contribution in [0, 0.1) is 11.8 Å². The number of hydrogen-bond donors (Lipinski definition) is 0. The van der Waals surface area contributed by atoms with Gasteiger partial charge in [0.05, 0.1) is 0 Å². The number of piperidine rings is 1. The van der Waals surface area contributed by atoms with Gasteiger partial charge in [0.15, 0.2) is 0 Å². The summed E-state index contributed by atoms with van der Waals surface area (Å²) in [5.41, 5.74) is 1.94. The van der Waals surface area contributed by atoms with Gasteiger partial charge in [0.2, 0.25) is 0 Å². The normalized spacial score (nSPS) is 35.2. The molecule has 2 saturated carbocycles. The van der Waals surface area contributed by atoms with Crippen LogP contribution in [-0.2, 0) is 0 Å². The van der Waals surface area contributed by atoms with E-state index in [-0.39, 0.29) is 0 Å². The van der Waals surface area contributed by atoms with E-state index in [0.717, 1.165) is 17.9 Å². The first-order valence-corrected chi connectivity index (χ1v) is 10.9. The molecule has 1 spiro atoms. The first kappa shape index (κ1) is 16.2. The van der Waals surface area contributed by atoms with Gasteiger partial charge in [0.1, 0.15) is 0 Å². The lowest BCUT2D eigenvalue weighted by molar-refractivity contribution is 0.0838. The molecule has 0 amide bonds. The fourth-order valence-corrected chi connectivity index (χ4v) is 6.55. The first-order chi connectivity index (χ1) is 12.3. The van der Waals surface area contributed by atoms with Gasteiger partial charge in [0.25, 0.3) is 0 Å². The average Bonchev–Trinajstić information content (AvgIpc) is 2.92. The van der Waals surface area contributed by atoms with E-state index in [1.54, 1.807) is 0 Å². The number of nitrogens with zero attached hydrogens (tertiary/aromatic N) is 2. The third kappa shape index (κ3) is 2.91. The highest BCUT2D eigenvalue weighted by atomic mass is 15.3. The highest BCUT2D eigenvalue weighted by Crippen LogP contribution is 2.47. The molecule has 1 aromatic carbocycles. The van der Waals surface area contributed by atoms with Gasteiger partial charge in [-0.25, -0.2) is 0 Å². The maximum absolute atomic E-state index is 2.89. The van der Waals surface area contributed by atoms with Crippen molar-refractivity contribution in [1.82, 2.24) is 4.90 Å². The lowest BCUT2D eigenvalue weighted by Crippen LogP contribution is -2.65. The quantitative estimate of drug-likeness (QED) is 0.741. The molecule has 2 heteroatoms. The number of anilines is 1. The molecule has 2 nitrogen and oxygen atoms in total. The summed E-state index contributed by atoms with van der Waals surface area (Å²) in [5, 5.41) is 0. The molecule has 2 heterocycles. The van der Waals surface area contributed by atoms with E-state index in [0.29, 0.717) is 5.54 Å². The summed E-state index contributed by atoms with van der Waals surface area (Å²) in [6, 6.07) is 12.0. The smallest absolute Gasteiger partial charge is 0.0443 e. The molecule has 4 fully saturated rings. The first-order valence-electron chi connectivity index (χ1n) is 10.9. The zero-order valence-electron chi connectivity index (χ0n) is 15.7. The van der Waals surface area contributed by atoms with Crippen LogP contribution in [0.1, 0.15) is 64.2 Å². The number of rotatable bonds is 2. The van der Waals surface area contributed by atoms with Crippen molar-refractivity contribution in [3.8, 4) is 0 Å². The Hall–Kier alpha value is -1.02. The van der Waals surface area contributed by atoms with E-state index in [1.165, 1.54) is 89.5 Å². The van der Waals surface area contributed by atoms with Crippen LogP contribution >= 0.6 is 0 Å². The van der Waals surface area contributed by atoms with E-state index in [4.69, 9.17) is 0 Å².